The second-order valence-corrected chi connectivity index (χ2v) is 7.72. The van der Waals surface area contributed by atoms with Crippen LogP contribution in [0.3, 0.4) is 0 Å². The number of hydrogen-bond acceptors (Lipinski definition) is 2. The van der Waals surface area contributed by atoms with Gasteiger partial charge in [0.25, 0.3) is 0 Å². The van der Waals surface area contributed by atoms with Crippen molar-refractivity contribution in [3.05, 3.63) is 34.9 Å². The Morgan fingerprint density at radius 1 is 1.00 bits per heavy atom. The lowest BCUT2D eigenvalue weighted by atomic mass is 9.80. The van der Waals surface area contributed by atoms with Crippen molar-refractivity contribution in [3.63, 3.8) is 0 Å². The number of hydrogen-bond donors (Lipinski definition) is 0. The highest BCUT2D eigenvalue weighted by Gasteiger charge is 2.41. The van der Waals surface area contributed by atoms with E-state index in [0.29, 0.717) is 5.02 Å². The molecular formula is C17H21Cl3O2. The fourth-order valence-electron chi connectivity index (χ4n) is 2.35. The van der Waals surface area contributed by atoms with Crippen LogP contribution in [-0.2, 0) is 15.0 Å². The highest BCUT2D eigenvalue weighted by molar-refractivity contribution is 6.65. The van der Waals surface area contributed by atoms with Gasteiger partial charge in [0.05, 0.1) is 5.41 Å². The van der Waals surface area contributed by atoms with Crippen molar-refractivity contribution >= 4 is 45.3 Å². The normalized spacial score (nSPS) is 16.6. The maximum atomic E-state index is 11.6. The summed E-state index contributed by atoms with van der Waals surface area (Å²) in [7, 11) is 0. The van der Waals surface area contributed by atoms with Crippen molar-refractivity contribution in [2.75, 3.05) is 0 Å². The van der Waals surface area contributed by atoms with Gasteiger partial charge in [0, 0.05) is 10.4 Å². The Balaban J connectivity index is 0.000000295. The highest BCUT2D eigenvalue weighted by Crippen LogP contribution is 2.43. The lowest BCUT2D eigenvalue weighted by Crippen LogP contribution is -2.29. The molecule has 122 valence electrons. The largest absolute Gasteiger partial charge is 0.281 e. The Labute approximate surface area is 147 Å². The van der Waals surface area contributed by atoms with Gasteiger partial charge in [0.1, 0.15) is 0 Å². The van der Waals surface area contributed by atoms with Gasteiger partial charge < -0.3 is 0 Å². The molecule has 0 unspecified atom stereocenters. The van der Waals surface area contributed by atoms with E-state index in [1.807, 2.05) is 24.3 Å². The average molecular weight is 364 g/mol. The molecule has 0 bridgehead atoms. The Bertz CT molecular complexity index is 524. The van der Waals surface area contributed by atoms with Crippen molar-refractivity contribution in [1.29, 1.82) is 0 Å². The smallest absolute Gasteiger partial charge is 0.232 e. The molecule has 0 N–H and O–H groups in total. The molecule has 0 aliphatic heterocycles. The second kappa shape index (κ2) is 7.81. The first-order valence-corrected chi connectivity index (χ1v) is 8.39. The van der Waals surface area contributed by atoms with E-state index in [0.717, 1.165) is 31.2 Å². The summed E-state index contributed by atoms with van der Waals surface area (Å²) in [5, 5.41) is 0.170. The number of carbonyl (C=O) groups is 2. The predicted molar refractivity (Wildman–Crippen MR) is 92.8 cm³/mol. The van der Waals surface area contributed by atoms with E-state index < -0.39 is 5.41 Å². The number of rotatable bonds is 2. The van der Waals surface area contributed by atoms with E-state index in [2.05, 4.69) is 0 Å². The quantitative estimate of drug-likeness (QED) is 0.630. The summed E-state index contributed by atoms with van der Waals surface area (Å²) < 4.78 is 0. The molecule has 0 atom stereocenters. The number of benzene rings is 1. The Kier molecular flexibility index (Phi) is 6.91. The number of halogens is 3. The van der Waals surface area contributed by atoms with E-state index in [-0.39, 0.29) is 15.9 Å². The molecule has 0 radical (unpaired) electrons. The standard InChI is InChI=1S/C12H12Cl2O.C5H9ClO/c13-10-5-3-9(4-6-10)12(11(14)15)7-1-2-8-12;1-5(2,3)4(6)7/h3-6H,1-2,7-8H2;1-3H3. The van der Waals surface area contributed by atoms with Gasteiger partial charge in [-0.25, -0.2) is 0 Å². The third kappa shape index (κ3) is 4.97. The van der Waals surface area contributed by atoms with Crippen LogP contribution in [-0.4, -0.2) is 10.5 Å². The van der Waals surface area contributed by atoms with Crippen LogP contribution in [0.1, 0.15) is 52.0 Å². The highest BCUT2D eigenvalue weighted by atomic mass is 35.5. The Hall–Kier alpha value is -0.570. The first kappa shape index (κ1) is 19.5. The molecule has 5 heteroatoms. The zero-order valence-corrected chi connectivity index (χ0v) is 15.4. The van der Waals surface area contributed by atoms with Crippen LogP contribution in [0, 0.1) is 5.41 Å². The van der Waals surface area contributed by atoms with Crippen molar-refractivity contribution in [2.45, 2.75) is 51.9 Å². The van der Waals surface area contributed by atoms with Crippen molar-refractivity contribution in [1.82, 2.24) is 0 Å². The van der Waals surface area contributed by atoms with Crippen molar-refractivity contribution in [2.24, 2.45) is 5.41 Å². The second-order valence-electron chi connectivity index (χ2n) is 6.59. The fourth-order valence-corrected chi connectivity index (χ4v) is 2.77. The van der Waals surface area contributed by atoms with Gasteiger partial charge in [-0.15, -0.1) is 0 Å². The predicted octanol–water partition coefficient (Wildman–Crippen LogP) is 5.72. The van der Waals surface area contributed by atoms with Crippen molar-refractivity contribution < 1.29 is 9.59 Å². The Morgan fingerprint density at radius 3 is 1.73 bits per heavy atom. The molecular weight excluding hydrogens is 343 g/mol. The topological polar surface area (TPSA) is 34.1 Å². The SMILES string of the molecule is CC(C)(C)C(=O)Cl.O=C(Cl)C1(c2ccc(Cl)cc2)CCCC1. The summed E-state index contributed by atoms with van der Waals surface area (Å²) in [5.74, 6) is 0. The first-order chi connectivity index (χ1) is 10.1. The van der Waals surface area contributed by atoms with Crippen LogP contribution in [0.2, 0.25) is 5.02 Å². The molecule has 0 aromatic heterocycles. The zero-order chi connectivity index (χ0) is 17.0. The fraction of sp³-hybridized carbons (Fsp3) is 0.529. The molecule has 1 aliphatic rings. The van der Waals surface area contributed by atoms with Crippen LogP contribution in [0.5, 0.6) is 0 Å². The third-order valence-corrected chi connectivity index (χ3v) is 5.00. The van der Waals surface area contributed by atoms with Gasteiger partial charge in [0.15, 0.2) is 0 Å². The van der Waals surface area contributed by atoms with Gasteiger partial charge in [-0.3, -0.25) is 9.59 Å². The molecule has 0 amide bonds. The minimum atomic E-state index is -0.452. The molecule has 1 saturated carbocycles. The van der Waals surface area contributed by atoms with Gasteiger partial charge in [-0.2, -0.15) is 0 Å². The molecule has 2 rings (SSSR count). The average Bonchev–Trinajstić information content (AvgIpc) is 2.89. The molecule has 0 spiro atoms. The van der Waals surface area contributed by atoms with Gasteiger partial charge >= 0.3 is 0 Å². The third-order valence-electron chi connectivity index (χ3n) is 3.82. The van der Waals surface area contributed by atoms with Gasteiger partial charge in [-0.05, 0) is 53.7 Å². The summed E-state index contributed by atoms with van der Waals surface area (Å²) >= 11 is 16.7. The summed E-state index contributed by atoms with van der Waals surface area (Å²) in [6.45, 7) is 5.34. The summed E-state index contributed by atoms with van der Waals surface area (Å²) in [5.41, 5.74) is 0.178. The molecule has 1 aromatic carbocycles. The van der Waals surface area contributed by atoms with Crippen LogP contribution in [0.25, 0.3) is 0 Å². The number of carbonyl (C=O) groups excluding carboxylic acids is 2. The molecule has 1 aromatic rings. The van der Waals surface area contributed by atoms with Crippen LogP contribution < -0.4 is 0 Å². The van der Waals surface area contributed by atoms with E-state index in [1.54, 1.807) is 20.8 Å². The van der Waals surface area contributed by atoms with E-state index in [9.17, 15) is 9.59 Å². The van der Waals surface area contributed by atoms with Crippen LogP contribution >= 0.6 is 34.8 Å². The molecule has 22 heavy (non-hydrogen) atoms. The zero-order valence-electron chi connectivity index (χ0n) is 13.1. The van der Waals surface area contributed by atoms with E-state index >= 15 is 0 Å². The molecule has 1 aliphatic carbocycles. The summed E-state index contributed by atoms with van der Waals surface area (Å²) in [4.78, 5) is 21.8. The maximum absolute atomic E-state index is 11.6. The van der Waals surface area contributed by atoms with Gasteiger partial charge in [0.2, 0.25) is 10.5 Å². The molecule has 2 nitrogen and oxygen atoms in total. The molecule has 0 heterocycles. The molecule has 1 fully saturated rings. The molecule has 0 saturated heterocycles. The van der Waals surface area contributed by atoms with Gasteiger partial charge in [-0.1, -0.05) is 57.3 Å². The maximum Gasteiger partial charge on any atom is 0.232 e. The lowest BCUT2D eigenvalue weighted by molar-refractivity contribution is -0.118. The van der Waals surface area contributed by atoms with Crippen LogP contribution in [0.4, 0.5) is 0 Å². The van der Waals surface area contributed by atoms with Crippen molar-refractivity contribution in [3.8, 4) is 0 Å². The van der Waals surface area contributed by atoms with Crippen LogP contribution in [0.15, 0.2) is 24.3 Å². The Morgan fingerprint density at radius 2 is 1.41 bits per heavy atom. The first-order valence-electron chi connectivity index (χ1n) is 7.25. The summed E-state index contributed by atoms with van der Waals surface area (Å²) in [6.07, 6.45) is 3.86. The van der Waals surface area contributed by atoms with E-state index in [4.69, 9.17) is 34.8 Å². The lowest BCUT2D eigenvalue weighted by Gasteiger charge is -2.24. The summed E-state index contributed by atoms with van der Waals surface area (Å²) in [6, 6.07) is 7.45. The minimum Gasteiger partial charge on any atom is -0.281 e. The van der Waals surface area contributed by atoms with E-state index in [1.165, 1.54) is 0 Å². The monoisotopic (exact) mass is 362 g/mol. The minimum absolute atomic E-state index is 0.234.